The van der Waals surface area contributed by atoms with Crippen LogP contribution < -0.4 is 5.32 Å². The molecule has 0 amide bonds. The van der Waals surface area contributed by atoms with Crippen molar-refractivity contribution < 1.29 is 0 Å². The van der Waals surface area contributed by atoms with E-state index in [2.05, 4.69) is 15.3 Å². The van der Waals surface area contributed by atoms with Gasteiger partial charge in [-0.25, -0.2) is 9.98 Å². The summed E-state index contributed by atoms with van der Waals surface area (Å²) in [4.78, 5) is 8.24. The number of aliphatic imine (C=N–C) groups is 1. The first-order valence-electron chi connectivity index (χ1n) is 4.35. The summed E-state index contributed by atoms with van der Waals surface area (Å²) in [6.45, 7) is 3.97. The zero-order valence-corrected chi connectivity index (χ0v) is 8.76. The van der Waals surface area contributed by atoms with Crippen LogP contribution in [-0.4, -0.2) is 11.3 Å². The van der Waals surface area contributed by atoms with Gasteiger partial charge >= 0.3 is 0 Å². The number of hydrogen-bond acceptors (Lipinski definition) is 3. The molecule has 1 aromatic heterocycles. The van der Waals surface area contributed by atoms with Gasteiger partial charge in [0.25, 0.3) is 0 Å². The summed E-state index contributed by atoms with van der Waals surface area (Å²) in [5.41, 5.74) is 3.88. The normalized spacial score (nSPS) is 16.6. The van der Waals surface area contributed by atoms with Crippen LogP contribution in [0.3, 0.4) is 0 Å². The van der Waals surface area contributed by atoms with Gasteiger partial charge in [-0.15, -0.1) is 0 Å². The fourth-order valence-corrected chi connectivity index (χ4v) is 1.69. The molecular weight excluding hydrogens is 198 g/mol. The lowest BCUT2D eigenvalue weighted by Crippen LogP contribution is -2.14. The lowest BCUT2D eigenvalue weighted by molar-refractivity contribution is 1.17. The van der Waals surface area contributed by atoms with Crippen LogP contribution in [0.15, 0.2) is 17.3 Å². The standard InChI is InChI=1S/C10H10ClN3/c1-3-7-8-6(2)4-12-10(11)9(8)14-5-13-7/h3-5H,1-2H3,(H,13,14)/b7-3-. The van der Waals surface area contributed by atoms with E-state index >= 15 is 0 Å². The first-order chi connectivity index (χ1) is 6.74. The van der Waals surface area contributed by atoms with E-state index < -0.39 is 0 Å². The Kier molecular flexibility index (Phi) is 2.25. The SMILES string of the molecule is C/C=C1\NC=Nc2c(Cl)ncc(C)c21. The van der Waals surface area contributed by atoms with Crippen LogP contribution in [0, 0.1) is 6.92 Å². The van der Waals surface area contributed by atoms with Gasteiger partial charge in [-0.1, -0.05) is 17.7 Å². The average Bonchev–Trinajstić information content (AvgIpc) is 2.23. The molecule has 4 heteroatoms. The number of rotatable bonds is 0. The molecule has 0 bridgehead atoms. The Hall–Kier alpha value is -1.35. The molecule has 1 aromatic rings. The maximum absolute atomic E-state index is 5.96. The topological polar surface area (TPSA) is 37.3 Å². The molecule has 0 fully saturated rings. The predicted molar refractivity (Wildman–Crippen MR) is 58.9 cm³/mol. The smallest absolute Gasteiger partial charge is 0.155 e. The van der Waals surface area contributed by atoms with Crippen molar-refractivity contribution in [2.24, 2.45) is 4.99 Å². The molecule has 1 N–H and O–H groups in total. The number of aromatic nitrogens is 1. The Morgan fingerprint density at radius 2 is 2.29 bits per heavy atom. The maximum atomic E-state index is 5.96. The maximum Gasteiger partial charge on any atom is 0.155 e. The van der Waals surface area contributed by atoms with Gasteiger partial charge in [0.05, 0.1) is 6.34 Å². The first-order valence-corrected chi connectivity index (χ1v) is 4.72. The van der Waals surface area contributed by atoms with Crippen LogP contribution in [0.2, 0.25) is 5.15 Å². The van der Waals surface area contributed by atoms with Gasteiger partial charge in [0.2, 0.25) is 0 Å². The molecule has 1 aliphatic rings. The highest BCUT2D eigenvalue weighted by Crippen LogP contribution is 2.34. The largest absolute Gasteiger partial charge is 0.346 e. The number of hydrogen-bond donors (Lipinski definition) is 1. The minimum Gasteiger partial charge on any atom is -0.346 e. The van der Waals surface area contributed by atoms with Crippen LogP contribution in [0.4, 0.5) is 5.69 Å². The molecule has 3 nitrogen and oxygen atoms in total. The Balaban J connectivity index is 2.75. The summed E-state index contributed by atoms with van der Waals surface area (Å²) in [5, 5.41) is 3.52. The predicted octanol–water partition coefficient (Wildman–Crippen LogP) is 2.67. The fraction of sp³-hybridized carbons (Fsp3) is 0.200. The number of aryl methyl sites for hydroxylation is 1. The number of halogens is 1. The molecule has 2 heterocycles. The Labute approximate surface area is 87.5 Å². The van der Waals surface area contributed by atoms with E-state index in [1.807, 2.05) is 19.9 Å². The van der Waals surface area contributed by atoms with Gasteiger partial charge in [0.15, 0.2) is 5.15 Å². The van der Waals surface area contributed by atoms with Crippen LogP contribution in [0.5, 0.6) is 0 Å². The number of allylic oxidation sites excluding steroid dienone is 1. The van der Waals surface area contributed by atoms with E-state index in [0.717, 1.165) is 22.5 Å². The lowest BCUT2D eigenvalue weighted by atomic mass is 10.1. The fourth-order valence-electron chi connectivity index (χ4n) is 1.49. The van der Waals surface area contributed by atoms with Gasteiger partial charge in [-0.05, 0) is 19.4 Å². The van der Waals surface area contributed by atoms with E-state index in [-0.39, 0.29) is 0 Å². The number of nitrogens with zero attached hydrogens (tertiary/aromatic N) is 2. The van der Waals surface area contributed by atoms with Crippen molar-refractivity contribution in [3.8, 4) is 0 Å². The molecule has 0 radical (unpaired) electrons. The second kappa shape index (κ2) is 3.42. The summed E-state index contributed by atoms with van der Waals surface area (Å²) < 4.78 is 0. The molecule has 0 spiro atoms. The van der Waals surface area contributed by atoms with E-state index in [1.54, 1.807) is 12.5 Å². The molecule has 72 valence electrons. The lowest BCUT2D eigenvalue weighted by Gasteiger charge is -2.17. The highest BCUT2D eigenvalue weighted by molar-refractivity contribution is 6.32. The second-order valence-electron chi connectivity index (χ2n) is 3.06. The molecule has 0 saturated carbocycles. The Morgan fingerprint density at radius 1 is 1.50 bits per heavy atom. The molecule has 0 aliphatic carbocycles. The van der Waals surface area contributed by atoms with Crippen molar-refractivity contribution in [1.29, 1.82) is 0 Å². The number of fused-ring (bicyclic) bond motifs is 1. The van der Waals surface area contributed by atoms with Crippen LogP contribution in [-0.2, 0) is 0 Å². The van der Waals surface area contributed by atoms with E-state index in [9.17, 15) is 0 Å². The van der Waals surface area contributed by atoms with Crippen molar-refractivity contribution in [1.82, 2.24) is 10.3 Å². The van der Waals surface area contributed by atoms with E-state index in [0.29, 0.717) is 5.15 Å². The third-order valence-electron chi connectivity index (χ3n) is 2.17. The number of nitrogens with one attached hydrogen (secondary N) is 1. The van der Waals surface area contributed by atoms with Crippen molar-refractivity contribution in [2.45, 2.75) is 13.8 Å². The average molecular weight is 208 g/mol. The van der Waals surface area contributed by atoms with Gasteiger partial charge in [0, 0.05) is 17.5 Å². The zero-order valence-electron chi connectivity index (χ0n) is 8.00. The molecule has 0 aromatic carbocycles. The highest BCUT2D eigenvalue weighted by atomic mass is 35.5. The van der Waals surface area contributed by atoms with Crippen LogP contribution >= 0.6 is 11.6 Å². The third-order valence-corrected chi connectivity index (χ3v) is 2.45. The summed E-state index contributed by atoms with van der Waals surface area (Å²) in [6.07, 6.45) is 5.38. The zero-order chi connectivity index (χ0) is 10.1. The molecule has 0 atom stereocenters. The minimum atomic E-state index is 0.447. The third kappa shape index (κ3) is 1.30. The number of pyridine rings is 1. The summed E-state index contributed by atoms with van der Waals surface area (Å²) in [7, 11) is 0. The summed E-state index contributed by atoms with van der Waals surface area (Å²) >= 11 is 5.96. The Morgan fingerprint density at radius 3 is 3.00 bits per heavy atom. The molecule has 0 saturated heterocycles. The Bertz CT molecular complexity index is 435. The van der Waals surface area contributed by atoms with Crippen molar-refractivity contribution >= 4 is 29.3 Å². The minimum absolute atomic E-state index is 0.447. The summed E-state index contributed by atoms with van der Waals surface area (Å²) in [6, 6.07) is 0. The second-order valence-corrected chi connectivity index (χ2v) is 3.42. The monoisotopic (exact) mass is 207 g/mol. The summed E-state index contributed by atoms with van der Waals surface area (Å²) in [5.74, 6) is 0. The van der Waals surface area contributed by atoms with Crippen LogP contribution in [0.25, 0.3) is 5.70 Å². The van der Waals surface area contributed by atoms with E-state index in [1.165, 1.54) is 0 Å². The molecule has 2 rings (SSSR count). The molecule has 1 aliphatic heterocycles. The van der Waals surface area contributed by atoms with Gasteiger partial charge in [-0.2, -0.15) is 0 Å². The van der Waals surface area contributed by atoms with Gasteiger partial charge < -0.3 is 5.32 Å². The van der Waals surface area contributed by atoms with Crippen molar-refractivity contribution in [3.05, 3.63) is 28.6 Å². The molecule has 14 heavy (non-hydrogen) atoms. The van der Waals surface area contributed by atoms with E-state index in [4.69, 9.17) is 11.6 Å². The van der Waals surface area contributed by atoms with Gasteiger partial charge in [-0.3, -0.25) is 0 Å². The molecule has 0 unspecified atom stereocenters. The first kappa shape index (κ1) is 9.21. The van der Waals surface area contributed by atoms with Crippen LogP contribution in [0.1, 0.15) is 18.1 Å². The highest BCUT2D eigenvalue weighted by Gasteiger charge is 2.16. The van der Waals surface area contributed by atoms with Gasteiger partial charge in [0.1, 0.15) is 5.69 Å². The molecular formula is C10H10ClN3. The van der Waals surface area contributed by atoms with Crippen molar-refractivity contribution in [2.75, 3.05) is 0 Å². The van der Waals surface area contributed by atoms with Crippen molar-refractivity contribution in [3.63, 3.8) is 0 Å². The quantitative estimate of drug-likeness (QED) is 0.665.